The fraction of sp³-hybridized carbons (Fsp3) is 0.500. The highest BCUT2D eigenvalue weighted by molar-refractivity contribution is 5.97. The summed E-state index contributed by atoms with van der Waals surface area (Å²) in [5.74, 6) is 0.744. The van der Waals surface area contributed by atoms with E-state index in [9.17, 15) is 4.79 Å². The van der Waals surface area contributed by atoms with Gasteiger partial charge in [-0.25, -0.2) is 0 Å². The average molecular weight is 250 g/mol. The number of rotatable bonds is 5. The molecule has 0 aliphatic heterocycles. The largest absolute Gasteiger partial charge is 0.495 e. The molecule has 0 saturated carbocycles. The molecule has 1 amide bonds. The monoisotopic (exact) mass is 250 g/mol. The Morgan fingerprint density at radius 1 is 1.44 bits per heavy atom. The van der Waals surface area contributed by atoms with E-state index in [1.807, 2.05) is 38.1 Å². The second-order valence-corrected chi connectivity index (χ2v) is 4.48. The summed E-state index contributed by atoms with van der Waals surface area (Å²) in [4.78, 5) is 13.8. The van der Waals surface area contributed by atoms with E-state index >= 15 is 0 Å². The van der Waals surface area contributed by atoms with E-state index in [1.54, 1.807) is 19.1 Å². The van der Waals surface area contributed by atoms with Crippen molar-refractivity contribution in [3.63, 3.8) is 0 Å². The van der Waals surface area contributed by atoms with Crippen molar-refractivity contribution in [1.29, 1.82) is 0 Å². The zero-order valence-corrected chi connectivity index (χ0v) is 11.5. The molecule has 0 fully saturated rings. The molecule has 0 spiro atoms. The van der Waals surface area contributed by atoms with Crippen molar-refractivity contribution in [3.8, 4) is 5.75 Å². The molecule has 4 heteroatoms. The van der Waals surface area contributed by atoms with Gasteiger partial charge in [-0.15, -0.1) is 0 Å². The number of methoxy groups -OCH3 is 1. The highest BCUT2D eigenvalue weighted by atomic mass is 16.5. The number of nitrogens with two attached hydrogens (primary N) is 1. The number of anilines is 1. The predicted molar refractivity (Wildman–Crippen MR) is 73.8 cm³/mol. The highest BCUT2D eigenvalue weighted by Gasteiger charge is 2.24. The Morgan fingerprint density at radius 3 is 2.61 bits per heavy atom. The van der Waals surface area contributed by atoms with Gasteiger partial charge in [-0.1, -0.05) is 32.4 Å². The number of ether oxygens (including phenoxy) is 1. The van der Waals surface area contributed by atoms with E-state index in [4.69, 9.17) is 10.5 Å². The van der Waals surface area contributed by atoms with Gasteiger partial charge < -0.3 is 15.4 Å². The van der Waals surface area contributed by atoms with Crippen LogP contribution in [0.5, 0.6) is 5.75 Å². The average Bonchev–Trinajstić information content (AvgIpc) is 2.43. The lowest BCUT2D eigenvalue weighted by Gasteiger charge is -2.25. The fourth-order valence-electron chi connectivity index (χ4n) is 1.75. The SMILES string of the molecule is CCC(C)[C@H](N)C(=O)N(C)c1ccccc1OC. The topological polar surface area (TPSA) is 55.6 Å². The molecule has 4 nitrogen and oxygen atoms in total. The van der Waals surface area contributed by atoms with Crippen LogP contribution in [0.4, 0.5) is 5.69 Å². The molecule has 1 aromatic carbocycles. The first-order chi connectivity index (χ1) is 8.52. The Balaban J connectivity index is 2.93. The van der Waals surface area contributed by atoms with E-state index in [2.05, 4.69) is 0 Å². The van der Waals surface area contributed by atoms with Crippen molar-refractivity contribution in [3.05, 3.63) is 24.3 Å². The number of nitrogens with zero attached hydrogens (tertiary/aromatic N) is 1. The molecule has 0 aromatic heterocycles. The molecule has 100 valence electrons. The van der Waals surface area contributed by atoms with E-state index in [1.165, 1.54) is 0 Å². The second-order valence-electron chi connectivity index (χ2n) is 4.48. The van der Waals surface area contributed by atoms with Crippen LogP contribution in [0.3, 0.4) is 0 Å². The molecule has 1 rings (SSSR count). The third-order valence-electron chi connectivity index (χ3n) is 3.32. The number of carbonyl (C=O) groups excluding carboxylic acids is 1. The minimum atomic E-state index is -0.482. The summed E-state index contributed by atoms with van der Waals surface area (Å²) in [6.45, 7) is 4.01. The van der Waals surface area contributed by atoms with Gasteiger partial charge in [0.05, 0.1) is 18.8 Å². The summed E-state index contributed by atoms with van der Waals surface area (Å²) >= 11 is 0. The van der Waals surface area contributed by atoms with E-state index in [-0.39, 0.29) is 11.8 Å². The number of hydrogen-bond acceptors (Lipinski definition) is 3. The van der Waals surface area contributed by atoms with Crippen LogP contribution >= 0.6 is 0 Å². The summed E-state index contributed by atoms with van der Waals surface area (Å²) in [5.41, 5.74) is 6.71. The number of benzene rings is 1. The first kappa shape index (κ1) is 14.5. The molecular formula is C14H22N2O2. The van der Waals surface area contributed by atoms with Crippen molar-refractivity contribution >= 4 is 11.6 Å². The van der Waals surface area contributed by atoms with Gasteiger partial charge in [-0.2, -0.15) is 0 Å². The molecule has 0 heterocycles. The molecular weight excluding hydrogens is 228 g/mol. The molecule has 1 aromatic rings. The molecule has 0 bridgehead atoms. The van der Waals surface area contributed by atoms with Crippen molar-refractivity contribution in [2.24, 2.45) is 11.7 Å². The molecule has 2 atom stereocenters. The summed E-state index contributed by atoms with van der Waals surface area (Å²) in [6.07, 6.45) is 0.882. The lowest BCUT2D eigenvalue weighted by Crippen LogP contribution is -2.45. The first-order valence-corrected chi connectivity index (χ1v) is 6.19. The van der Waals surface area contributed by atoms with Gasteiger partial charge in [0.25, 0.3) is 0 Å². The quantitative estimate of drug-likeness (QED) is 0.870. The lowest BCUT2D eigenvalue weighted by atomic mass is 9.99. The van der Waals surface area contributed by atoms with Crippen molar-refractivity contribution in [2.45, 2.75) is 26.3 Å². The Labute approximate surface area is 109 Å². The lowest BCUT2D eigenvalue weighted by molar-refractivity contribution is -0.120. The van der Waals surface area contributed by atoms with Gasteiger partial charge in [-0.3, -0.25) is 4.79 Å². The van der Waals surface area contributed by atoms with E-state index in [0.29, 0.717) is 5.75 Å². The van der Waals surface area contributed by atoms with Crippen molar-refractivity contribution < 1.29 is 9.53 Å². The standard InChI is InChI=1S/C14H22N2O2/c1-5-10(2)13(15)14(17)16(3)11-8-6-7-9-12(11)18-4/h6-10,13H,5,15H2,1-4H3/t10?,13-/m0/s1. The Hall–Kier alpha value is -1.55. The minimum absolute atomic E-state index is 0.0890. The Morgan fingerprint density at radius 2 is 2.06 bits per heavy atom. The van der Waals surface area contributed by atoms with Crippen LogP contribution in [0, 0.1) is 5.92 Å². The molecule has 0 aliphatic carbocycles. The molecule has 18 heavy (non-hydrogen) atoms. The molecule has 0 radical (unpaired) electrons. The summed E-state index contributed by atoms with van der Waals surface area (Å²) in [5, 5.41) is 0. The highest BCUT2D eigenvalue weighted by Crippen LogP contribution is 2.27. The van der Waals surface area contributed by atoms with Crippen LogP contribution in [0.15, 0.2) is 24.3 Å². The van der Waals surface area contributed by atoms with Gasteiger partial charge >= 0.3 is 0 Å². The number of carbonyl (C=O) groups is 1. The number of amides is 1. The second kappa shape index (κ2) is 6.40. The first-order valence-electron chi connectivity index (χ1n) is 6.19. The third kappa shape index (κ3) is 3.01. The number of likely N-dealkylation sites (N-methyl/N-ethyl adjacent to an activating group) is 1. The maximum Gasteiger partial charge on any atom is 0.244 e. The van der Waals surface area contributed by atoms with Gasteiger partial charge in [0.2, 0.25) is 5.91 Å². The molecule has 0 aliphatic rings. The summed E-state index contributed by atoms with van der Waals surface area (Å²) in [6, 6.07) is 6.93. The number of hydrogen-bond donors (Lipinski definition) is 1. The molecule has 0 saturated heterocycles. The maximum absolute atomic E-state index is 12.3. The Bertz CT molecular complexity index is 407. The predicted octanol–water partition coefficient (Wildman–Crippen LogP) is 2.03. The molecule has 1 unspecified atom stereocenters. The van der Waals surface area contributed by atoms with Gasteiger partial charge in [0, 0.05) is 7.05 Å². The Kier molecular flexibility index (Phi) is 5.16. The molecule has 2 N–H and O–H groups in total. The minimum Gasteiger partial charge on any atom is -0.495 e. The normalized spacial score (nSPS) is 13.8. The van der Waals surface area contributed by atoms with Crippen molar-refractivity contribution in [1.82, 2.24) is 0 Å². The summed E-state index contributed by atoms with van der Waals surface area (Å²) in [7, 11) is 3.31. The van der Waals surface area contributed by atoms with Gasteiger partial charge in [0.1, 0.15) is 5.75 Å². The van der Waals surface area contributed by atoms with Crippen LogP contribution in [-0.2, 0) is 4.79 Å². The van der Waals surface area contributed by atoms with E-state index in [0.717, 1.165) is 12.1 Å². The van der Waals surface area contributed by atoms with Crippen molar-refractivity contribution in [2.75, 3.05) is 19.1 Å². The van der Waals surface area contributed by atoms with E-state index < -0.39 is 6.04 Å². The van der Waals surface area contributed by atoms with Crippen LogP contribution in [-0.4, -0.2) is 26.1 Å². The van der Waals surface area contributed by atoms with Crippen LogP contribution in [0.25, 0.3) is 0 Å². The van der Waals surface area contributed by atoms with Crippen LogP contribution < -0.4 is 15.4 Å². The fourth-order valence-corrected chi connectivity index (χ4v) is 1.75. The number of para-hydroxylation sites is 2. The zero-order chi connectivity index (χ0) is 13.7. The van der Waals surface area contributed by atoms with Gasteiger partial charge in [-0.05, 0) is 18.1 Å². The van der Waals surface area contributed by atoms with Gasteiger partial charge in [0.15, 0.2) is 0 Å². The third-order valence-corrected chi connectivity index (χ3v) is 3.32. The zero-order valence-electron chi connectivity index (χ0n) is 11.5. The van der Waals surface area contributed by atoms with Crippen LogP contribution in [0.2, 0.25) is 0 Å². The summed E-state index contributed by atoms with van der Waals surface area (Å²) < 4.78 is 5.25. The smallest absolute Gasteiger partial charge is 0.244 e. The maximum atomic E-state index is 12.3. The van der Waals surface area contributed by atoms with Crippen LogP contribution in [0.1, 0.15) is 20.3 Å².